The molecule has 0 bridgehead atoms. The molecule has 3 N–H and O–H groups in total. The van der Waals surface area contributed by atoms with Gasteiger partial charge in [-0.15, -0.1) is 0 Å². The number of anilines is 1. The average Bonchev–Trinajstić information content (AvgIpc) is 2.74. The second-order valence-corrected chi connectivity index (χ2v) is 4.65. The zero-order chi connectivity index (χ0) is 13.1. The molecule has 1 amide bonds. The molecule has 1 aromatic rings. The fourth-order valence-corrected chi connectivity index (χ4v) is 2.27. The van der Waals surface area contributed by atoms with Gasteiger partial charge in [-0.2, -0.15) is 0 Å². The summed E-state index contributed by atoms with van der Waals surface area (Å²) >= 11 is 0. The molecule has 2 rings (SSSR count). The summed E-state index contributed by atoms with van der Waals surface area (Å²) in [6.07, 6.45) is 0.970. The molecule has 1 aliphatic heterocycles. The van der Waals surface area contributed by atoms with Gasteiger partial charge in [0.15, 0.2) is 0 Å². The molecule has 18 heavy (non-hydrogen) atoms. The third-order valence-electron chi connectivity index (χ3n) is 3.23. The van der Waals surface area contributed by atoms with Crippen LogP contribution in [0.1, 0.15) is 16.8 Å². The minimum Gasteiger partial charge on any atom is -0.496 e. The van der Waals surface area contributed by atoms with Crippen molar-refractivity contribution in [3.8, 4) is 5.75 Å². The summed E-state index contributed by atoms with van der Waals surface area (Å²) in [6.45, 7) is 1.88. The number of ether oxygens (including phenoxy) is 1. The van der Waals surface area contributed by atoms with E-state index in [0.717, 1.165) is 19.5 Å². The van der Waals surface area contributed by atoms with Crippen molar-refractivity contribution in [3.63, 3.8) is 0 Å². The minimum atomic E-state index is -0.162. The second kappa shape index (κ2) is 5.27. The molecule has 0 saturated carbocycles. The van der Waals surface area contributed by atoms with Crippen molar-refractivity contribution in [2.24, 2.45) is 0 Å². The first kappa shape index (κ1) is 12.7. The minimum absolute atomic E-state index is 0.162. The van der Waals surface area contributed by atoms with E-state index >= 15 is 0 Å². The number of nitrogen functional groups attached to an aromatic ring is 1. The lowest BCUT2D eigenvalue weighted by Gasteiger charge is -2.15. The molecule has 1 aliphatic rings. The molecule has 1 heterocycles. The van der Waals surface area contributed by atoms with Crippen molar-refractivity contribution in [2.75, 3.05) is 33.0 Å². The summed E-state index contributed by atoms with van der Waals surface area (Å²) in [5.74, 6) is 0.351. The highest BCUT2D eigenvalue weighted by Gasteiger charge is 2.23. The van der Waals surface area contributed by atoms with Crippen LogP contribution in [0.25, 0.3) is 0 Å². The number of carbonyl (C=O) groups excluding carboxylic acids is 1. The first-order valence-electron chi connectivity index (χ1n) is 6.03. The summed E-state index contributed by atoms with van der Waals surface area (Å²) in [4.78, 5) is 14.4. The molecule has 1 unspecified atom stereocenters. The fourth-order valence-electron chi connectivity index (χ4n) is 2.27. The maximum Gasteiger partial charge on any atom is 0.257 e. The number of likely N-dealkylation sites (tertiary alicyclic amines) is 1. The number of rotatable bonds is 3. The summed E-state index contributed by atoms with van der Waals surface area (Å²) in [5.41, 5.74) is 6.72. The normalized spacial score (nSPS) is 19.8. The lowest BCUT2D eigenvalue weighted by Crippen LogP contribution is -2.37. The quantitative estimate of drug-likeness (QED) is 0.774. The van der Waals surface area contributed by atoms with Gasteiger partial charge in [0.25, 0.3) is 5.91 Å². The number of nitrogens with two attached hydrogens (primary N) is 1. The molecular weight excluding hydrogens is 230 g/mol. The van der Waals surface area contributed by atoms with E-state index < -0.39 is 0 Å². The molecule has 98 valence electrons. The molecule has 0 aliphatic carbocycles. The molecule has 1 fully saturated rings. The maximum absolute atomic E-state index is 12.2. The first-order chi connectivity index (χ1) is 8.61. The number of hydrogen-bond donors (Lipinski definition) is 2. The number of likely N-dealkylation sites (N-methyl/N-ethyl adjacent to an activating group) is 1. The number of nitrogens with zero attached hydrogens (tertiary/aromatic N) is 1. The lowest BCUT2D eigenvalue weighted by molar-refractivity contribution is 0.0936. The van der Waals surface area contributed by atoms with Crippen LogP contribution in [0.5, 0.6) is 5.75 Å². The van der Waals surface area contributed by atoms with E-state index in [0.29, 0.717) is 17.0 Å². The predicted molar refractivity (Wildman–Crippen MR) is 70.8 cm³/mol. The number of carbonyl (C=O) groups is 1. The monoisotopic (exact) mass is 249 g/mol. The van der Waals surface area contributed by atoms with Crippen LogP contribution in [0.4, 0.5) is 5.69 Å². The third-order valence-corrected chi connectivity index (χ3v) is 3.23. The molecule has 1 aromatic carbocycles. The van der Waals surface area contributed by atoms with Crippen molar-refractivity contribution in [1.29, 1.82) is 0 Å². The van der Waals surface area contributed by atoms with Gasteiger partial charge in [0.05, 0.1) is 7.11 Å². The van der Waals surface area contributed by atoms with Crippen molar-refractivity contribution >= 4 is 11.6 Å². The van der Waals surface area contributed by atoms with E-state index in [1.807, 2.05) is 7.05 Å². The van der Waals surface area contributed by atoms with Crippen LogP contribution in [0.2, 0.25) is 0 Å². The Hall–Kier alpha value is -1.75. The van der Waals surface area contributed by atoms with E-state index in [9.17, 15) is 4.79 Å². The topological polar surface area (TPSA) is 67.6 Å². The van der Waals surface area contributed by atoms with E-state index in [4.69, 9.17) is 10.5 Å². The first-order valence-corrected chi connectivity index (χ1v) is 6.03. The summed E-state index contributed by atoms with van der Waals surface area (Å²) in [7, 11) is 3.58. The predicted octanol–water partition coefficient (Wildman–Crippen LogP) is 0.711. The van der Waals surface area contributed by atoms with Crippen LogP contribution in [0, 0.1) is 0 Å². The maximum atomic E-state index is 12.2. The third kappa shape index (κ3) is 2.56. The molecule has 0 radical (unpaired) electrons. The van der Waals surface area contributed by atoms with Crippen molar-refractivity contribution in [2.45, 2.75) is 12.5 Å². The van der Waals surface area contributed by atoms with Gasteiger partial charge < -0.3 is 20.7 Å². The van der Waals surface area contributed by atoms with E-state index in [1.165, 1.54) is 7.11 Å². The van der Waals surface area contributed by atoms with Crippen LogP contribution < -0.4 is 15.8 Å². The Balaban J connectivity index is 2.13. The molecule has 1 saturated heterocycles. The van der Waals surface area contributed by atoms with E-state index in [-0.39, 0.29) is 11.9 Å². The Morgan fingerprint density at radius 2 is 2.33 bits per heavy atom. The Labute approximate surface area is 107 Å². The molecule has 1 atom stereocenters. The molecule has 0 spiro atoms. The highest BCUT2D eigenvalue weighted by molar-refractivity contribution is 6.02. The van der Waals surface area contributed by atoms with Crippen LogP contribution >= 0.6 is 0 Å². The number of nitrogens with one attached hydrogen (secondary N) is 1. The Morgan fingerprint density at radius 1 is 1.56 bits per heavy atom. The summed E-state index contributed by atoms with van der Waals surface area (Å²) < 4.78 is 5.18. The van der Waals surface area contributed by atoms with Gasteiger partial charge in [-0.1, -0.05) is 6.07 Å². The van der Waals surface area contributed by atoms with Crippen LogP contribution in [0.3, 0.4) is 0 Å². The fraction of sp³-hybridized carbons (Fsp3) is 0.462. The van der Waals surface area contributed by atoms with Gasteiger partial charge in [0, 0.05) is 18.3 Å². The highest BCUT2D eigenvalue weighted by atomic mass is 16.5. The van der Waals surface area contributed by atoms with Crippen molar-refractivity contribution < 1.29 is 9.53 Å². The summed E-state index contributed by atoms with van der Waals surface area (Å²) in [6, 6.07) is 5.41. The molecular formula is C13H19N3O2. The zero-order valence-corrected chi connectivity index (χ0v) is 10.8. The standard InChI is InChI=1S/C13H19N3O2/c1-16-7-6-9(8-16)15-13(17)12-10(14)4-3-5-11(12)18-2/h3-5,9H,6-8,14H2,1-2H3,(H,15,17). The van der Waals surface area contributed by atoms with Crippen molar-refractivity contribution in [1.82, 2.24) is 10.2 Å². The number of amides is 1. The molecule has 5 nitrogen and oxygen atoms in total. The Morgan fingerprint density at radius 3 is 2.94 bits per heavy atom. The number of benzene rings is 1. The van der Waals surface area contributed by atoms with Gasteiger partial charge in [-0.05, 0) is 32.1 Å². The zero-order valence-electron chi connectivity index (χ0n) is 10.8. The largest absolute Gasteiger partial charge is 0.496 e. The van der Waals surface area contributed by atoms with Crippen molar-refractivity contribution in [3.05, 3.63) is 23.8 Å². The number of hydrogen-bond acceptors (Lipinski definition) is 4. The SMILES string of the molecule is COc1cccc(N)c1C(=O)NC1CCN(C)C1. The van der Waals surface area contributed by atoms with Gasteiger partial charge in [0.2, 0.25) is 0 Å². The summed E-state index contributed by atoms with van der Waals surface area (Å²) in [5, 5.41) is 3.00. The van der Waals surface area contributed by atoms with Gasteiger partial charge in [0.1, 0.15) is 11.3 Å². The molecule has 5 heteroatoms. The number of methoxy groups -OCH3 is 1. The van der Waals surface area contributed by atoms with Crippen LogP contribution in [-0.4, -0.2) is 44.1 Å². The lowest BCUT2D eigenvalue weighted by atomic mass is 10.1. The Kier molecular flexibility index (Phi) is 3.72. The van der Waals surface area contributed by atoms with Gasteiger partial charge in [-0.25, -0.2) is 0 Å². The average molecular weight is 249 g/mol. The second-order valence-electron chi connectivity index (χ2n) is 4.65. The highest BCUT2D eigenvalue weighted by Crippen LogP contribution is 2.24. The van der Waals surface area contributed by atoms with Crippen LogP contribution in [-0.2, 0) is 0 Å². The van der Waals surface area contributed by atoms with Crippen LogP contribution in [0.15, 0.2) is 18.2 Å². The molecule has 0 aromatic heterocycles. The van der Waals surface area contributed by atoms with E-state index in [2.05, 4.69) is 10.2 Å². The smallest absolute Gasteiger partial charge is 0.257 e. The van der Waals surface area contributed by atoms with Gasteiger partial charge in [-0.3, -0.25) is 4.79 Å². The van der Waals surface area contributed by atoms with E-state index in [1.54, 1.807) is 18.2 Å². The van der Waals surface area contributed by atoms with Gasteiger partial charge >= 0.3 is 0 Å². The Bertz CT molecular complexity index is 448.